The average Bonchev–Trinajstić information content (AvgIpc) is 2.47. The highest BCUT2D eigenvalue weighted by Crippen LogP contribution is 2.30. The summed E-state index contributed by atoms with van der Waals surface area (Å²) in [6.07, 6.45) is 0. The van der Waals surface area contributed by atoms with Gasteiger partial charge in [0.15, 0.2) is 0 Å². The maximum Gasteiger partial charge on any atom is 0.325 e. The lowest BCUT2D eigenvalue weighted by Crippen LogP contribution is -2.43. The molecule has 0 unspecified atom stereocenters. The summed E-state index contributed by atoms with van der Waals surface area (Å²) in [6.45, 7) is 3.61. The molecule has 0 spiro atoms. The number of carbonyl (C=O) groups excluding carboxylic acids is 2. The van der Waals surface area contributed by atoms with Crippen LogP contribution in [0.4, 0.5) is 4.79 Å². The largest absolute Gasteiger partial charge is 0.325 e. The third-order valence-corrected chi connectivity index (χ3v) is 3.91. The maximum atomic E-state index is 11.7. The van der Waals surface area contributed by atoms with E-state index in [0.717, 1.165) is 0 Å². The number of amides is 3. The Balaban J connectivity index is 2.32. The maximum absolute atomic E-state index is 11.7. The van der Waals surface area contributed by atoms with E-state index in [1.807, 2.05) is 0 Å². The van der Waals surface area contributed by atoms with Crippen LogP contribution in [0.15, 0.2) is 18.2 Å². The van der Waals surface area contributed by atoms with Crippen molar-refractivity contribution in [2.45, 2.75) is 25.9 Å². The van der Waals surface area contributed by atoms with Gasteiger partial charge in [0.25, 0.3) is 5.91 Å². The van der Waals surface area contributed by atoms with E-state index in [4.69, 9.17) is 23.2 Å². The van der Waals surface area contributed by atoms with E-state index in [0.29, 0.717) is 15.6 Å². The first-order chi connectivity index (χ1) is 8.34. The fraction of sp³-hybridized carbons (Fsp3) is 0.333. The Kier molecular flexibility index (Phi) is 3.25. The molecule has 2 rings (SSSR count). The van der Waals surface area contributed by atoms with Gasteiger partial charge in [-0.1, -0.05) is 35.3 Å². The molecule has 1 aromatic carbocycles. The van der Waals surface area contributed by atoms with E-state index in [1.54, 1.807) is 32.0 Å². The van der Waals surface area contributed by atoms with E-state index in [9.17, 15) is 9.59 Å². The molecule has 1 aliphatic heterocycles. The first-order valence-corrected chi connectivity index (χ1v) is 6.15. The van der Waals surface area contributed by atoms with Crippen LogP contribution >= 0.6 is 23.2 Å². The highest BCUT2D eigenvalue weighted by molar-refractivity contribution is 6.42. The monoisotopic (exact) mass is 286 g/mol. The molecule has 1 fully saturated rings. The molecule has 0 saturated carbocycles. The molecule has 6 heteroatoms. The average molecular weight is 287 g/mol. The Hall–Kier alpha value is -1.26. The van der Waals surface area contributed by atoms with Crippen LogP contribution in [0.1, 0.15) is 19.4 Å². The molecule has 1 heterocycles. The van der Waals surface area contributed by atoms with Gasteiger partial charge in [-0.3, -0.25) is 10.1 Å². The summed E-state index contributed by atoms with van der Waals surface area (Å²) >= 11 is 12.0. The minimum absolute atomic E-state index is 0.240. The number of hydrogen-bond acceptors (Lipinski definition) is 2. The van der Waals surface area contributed by atoms with E-state index in [2.05, 4.69) is 5.32 Å². The van der Waals surface area contributed by atoms with Crippen molar-refractivity contribution in [1.29, 1.82) is 0 Å². The third-order valence-electron chi connectivity index (χ3n) is 3.06. The molecule has 18 heavy (non-hydrogen) atoms. The number of urea groups is 1. The molecule has 0 bridgehead atoms. The molecular formula is C12H12Cl2N2O2. The molecule has 96 valence electrons. The van der Waals surface area contributed by atoms with Gasteiger partial charge in [-0.2, -0.15) is 0 Å². The van der Waals surface area contributed by atoms with Crippen LogP contribution in [0.25, 0.3) is 0 Å². The first kappa shape index (κ1) is 13.2. The predicted molar refractivity (Wildman–Crippen MR) is 69.6 cm³/mol. The number of benzene rings is 1. The summed E-state index contributed by atoms with van der Waals surface area (Å²) in [4.78, 5) is 24.8. The van der Waals surface area contributed by atoms with E-state index in [1.165, 1.54) is 4.90 Å². The molecule has 0 aromatic heterocycles. The number of imide groups is 1. The molecule has 3 amide bonds. The molecular weight excluding hydrogens is 275 g/mol. The smallest absolute Gasteiger partial charge is 0.306 e. The minimum Gasteiger partial charge on any atom is -0.306 e. The van der Waals surface area contributed by atoms with Crippen LogP contribution in [-0.4, -0.2) is 22.4 Å². The van der Waals surface area contributed by atoms with Crippen LogP contribution in [0.3, 0.4) is 0 Å². The SMILES string of the molecule is CC1(C)C(=O)NC(=O)N1Cc1cccc(Cl)c1Cl. The zero-order valence-corrected chi connectivity index (χ0v) is 11.5. The summed E-state index contributed by atoms with van der Waals surface area (Å²) in [6, 6.07) is 4.79. The summed E-state index contributed by atoms with van der Waals surface area (Å²) in [5, 5.41) is 3.12. The molecule has 1 aliphatic rings. The van der Waals surface area contributed by atoms with Crippen molar-refractivity contribution in [2.24, 2.45) is 0 Å². The van der Waals surface area contributed by atoms with Gasteiger partial charge >= 0.3 is 6.03 Å². The molecule has 0 aliphatic carbocycles. The van der Waals surface area contributed by atoms with Gasteiger partial charge in [0.1, 0.15) is 5.54 Å². The van der Waals surface area contributed by atoms with Crippen molar-refractivity contribution in [3.05, 3.63) is 33.8 Å². The second kappa shape index (κ2) is 4.44. The third kappa shape index (κ3) is 2.06. The zero-order valence-electron chi connectivity index (χ0n) is 9.96. The van der Waals surface area contributed by atoms with Crippen molar-refractivity contribution < 1.29 is 9.59 Å². The van der Waals surface area contributed by atoms with E-state index >= 15 is 0 Å². The van der Waals surface area contributed by atoms with Crippen LogP contribution in [0.2, 0.25) is 10.0 Å². The van der Waals surface area contributed by atoms with E-state index < -0.39 is 11.6 Å². The predicted octanol–water partition coefficient (Wildman–Crippen LogP) is 2.82. The van der Waals surface area contributed by atoms with Crippen LogP contribution in [-0.2, 0) is 11.3 Å². The Labute approximate surface area is 115 Å². The summed E-state index contributed by atoms with van der Waals surface area (Å²) in [5.41, 5.74) is -0.176. The van der Waals surface area contributed by atoms with Gasteiger partial charge in [0.2, 0.25) is 0 Å². The molecule has 1 aromatic rings. The minimum atomic E-state index is -0.886. The number of carbonyl (C=O) groups is 2. The van der Waals surface area contributed by atoms with Crippen molar-refractivity contribution >= 4 is 35.1 Å². The van der Waals surface area contributed by atoms with Gasteiger partial charge in [-0.05, 0) is 25.5 Å². The van der Waals surface area contributed by atoms with Crippen molar-refractivity contribution in [3.63, 3.8) is 0 Å². The van der Waals surface area contributed by atoms with Gasteiger partial charge in [-0.25, -0.2) is 4.79 Å². The molecule has 1 saturated heterocycles. The lowest BCUT2D eigenvalue weighted by molar-refractivity contribution is -0.125. The van der Waals surface area contributed by atoms with Crippen molar-refractivity contribution in [2.75, 3.05) is 0 Å². The molecule has 0 radical (unpaired) electrons. The zero-order chi connectivity index (χ0) is 13.5. The number of hydrogen-bond donors (Lipinski definition) is 1. The standard InChI is InChI=1S/C12H12Cl2N2O2/c1-12(2)10(17)15-11(18)16(12)6-7-4-3-5-8(13)9(7)14/h3-5H,6H2,1-2H3,(H,15,17,18). The summed E-state index contributed by atoms with van der Waals surface area (Å²) in [5.74, 6) is -0.314. The number of halogens is 2. The highest BCUT2D eigenvalue weighted by Gasteiger charge is 2.45. The first-order valence-electron chi connectivity index (χ1n) is 5.40. The van der Waals surface area contributed by atoms with Crippen molar-refractivity contribution in [3.8, 4) is 0 Å². The van der Waals surface area contributed by atoms with Gasteiger partial charge in [0, 0.05) is 0 Å². The number of nitrogens with one attached hydrogen (secondary N) is 1. The number of rotatable bonds is 2. The number of nitrogens with zero attached hydrogens (tertiary/aromatic N) is 1. The van der Waals surface area contributed by atoms with Crippen LogP contribution < -0.4 is 5.32 Å². The quantitative estimate of drug-likeness (QED) is 0.850. The fourth-order valence-electron chi connectivity index (χ4n) is 1.80. The lowest BCUT2D eigenvalue weighted by atomic mass is 10.0. The molecule has 4 nitrogen and oxygen atoms in total. The molecule has 1 N–H and O–H groups in total. The Morgan fingerprint density at radius 1 is 1.28 bits per heavy atom. The second-order valence-electron chi connectivity index (χ2n) is 4.62. The van der Waals surface area contributed by atoms with Gasteiger partial charge in [0.05, 0.1) is 16.6 Å². The Morgan fingerprint density at radius 3 is 2.50 bits per heavy atom. The summed E-state index contributed by atoms with van der Waals surface area (Å²) in [7, 11) is 0. The highest BCUT2D eigenvalue weighted by atomic mass is 35.5. The lowest BCUT2D eigenvalue weighted by Gasteiger charge is -2.28. The fourth-order valence-corrected chi connectivity index (χ4v) is 2.18. The Morgan fingerprint density at radius 2 is 1.94 bits per heavy atom. The Bertz CT molecular complexity index is 529. The summed E-state index contributed by atoms with van der Waals surface area (Å²) < 4.78 is 0. The van der Waals surface area contributed by atoms with Crippen LogP contribution in [0, 0.1) is 0 Å². The van der Waals surface area contributed by atoms with Crippen molar-refractivity contribution in [1.82, 2.24) is 10.2 Å². The normalized spacial score (nSPS) is 18.1. The van der Waals surface area contributed by atoms with Gasteiger partial charge < -0.3 is 4.90 Å². The second-order valence-corrected chi connectivity index (χ2v) is 5.40. The van der Waals surface area contributed by atoms with Crippen LogP contribution in [0.5, 0.6) is 0 Å². The molecule has 0 atom stereocenters. The van der Waals surface area contributed by atoms with E-state index in [-0.39, 0.29) is 12.5 Å². The van der Waals surface area contributed by atoms with Gasteiger partial charge in [-0.15, -0.1) is 0 Å². The topological polar surface area (TPSA) is 49.4 Å².